The molecule has 0 spiro atoms. The van der Waals surface area contributed by atoms with Crippen LogP contribution in [-0.4, -0.2) is 16.1 Å². The van der Waals surface area contributed by atoms with Crippen molar-refractivity contribution in [2.45, 2.75) is 19.9 Å². The summed E-state index contributed by atoms with van der Waals surface area (Å²) in [4.78, 5) is 15.0. The van der Waals surface area contributed by atoms with E-state index >= 15 is 0 Å². The van der Waals surface area contributed by atoms with Crippen molar-refractivity contribution in [3.63, 3.8) is 0 Å². The minimum atomic E-state index is -1.02. The maximum Gasteiger partial charge on any atom is 0.335 e. The van der Waals surface area contributed by atoms with Gasteiger partial charge >= 0.3 is 5.97 Å². The van der Waals surface area contributed by atoms with Crippen LogP contribution in [0.2, 0.25) is 5.15 Å². The standard InChI is InChI=1S/C15H15ClN2O2/c1-2-10-3-5-11(6-4-10)9-17-14-8-12(15(19)20)7-13(16)18-14/h3-8H,2,9H2,1H3,(H,17,18)(H,19,20). The van der Waals surface area contributed by atoms with Crippen molar-refractivity contribution < 1.29 is 9.90 Å². The van der Waals surface area contributed by atoms with Crippen molar-refractivity contribution in [3.8, 4) is 0 Å². The molecule has 0 fully saturated rings. The number of pyridine rings is 1. The number of carboxylic acids is 1. The first kappa shape index (κ1) is 14.3. The first-order chi connectivity index (χ1) is 9.58. The van der Waals surface area contributed by atoms with Gasteiger partial charge in [0, 0.05) is 6.54 Å². The second kappa shape index (κ2) is 6.39. The molecule has 0 aliphatic rings. The fourth-order valence-electron chi connectivity index (χ4n) is 1.80. The Bertz CT molecular complexity index is 612. The number of carbonyl (C=O) groups is 1. The number of nitrogens with one attached hydrogen (secondary N) is 1. The number of aromatic carboxylic acids is 1. The minimum absolute atomic E-state index is 0.119. The molecule has 0 aliphatic carbocycles. The molecule has 0 amide bonds. The molecule has 2 rings (SSSR count). The lowest BCUT2D eigenvalue weighted by Gasteiger charge is -2.08. The van der Waals surface area contributed by atoms with Gasteiger partial charge in [0.15, 0.2) is 0 Å². The molecule has 5 heteroatoms. The van der Waals surface area contributed by atoms with Gasteiger partial charge in [-0.15, -0.1) is 0 Å². The second-order valence-electron chi connectivity index (χ2n) is 4.39. The lowest BCUT2D eigenvalue weighted by atomic mass is 10.1. The summed E-state index contributed by atoms with van der Waals surface area (Å²) in [6, 6.07) is 11.0. The third kappa shape index (κ3) is 3.71. The van der Waals surface area contributed by atoms with Crippen molar-refractivity contribution in [2.24, 2.45) is 0 Å². The molecule has 104 valence electrons. The number of hydrogen-bond donors (Lipinski definition) is 2. The van der Waals surface area contributed by atoms with E-state index < -0.39 is 5.97 Å². The number of benzene rings is 1. The lowest BCUT2D eigenvalue weighted by Crippen LogP contribution is -2.04. The van der Waals surface area contributed by atoms with E-state index in [0.717, 1.165) is 12.0 Å². The summed E-state index contributed by atoms with van der Waals surface area (Å²) in [6.45, 7) is 2.67. The fraction of sp³-hybridized carbons (Fsp3) is 0.200. The molecule has 2 N–H and O–H groups in total. The topological polar surface area (TPSA) is 62.2 Å². The van der Waals surface area contributed by atoms with Crippen LogP contribution in [0, 0.1) is 0 Å². The summed E-state index contributed by atoms with van der Waals surface area (Å²) in [5.41, 5.74) is 2.50. The van der Waals surface area contributed by atoms with E-state index in [1.807, 2.05) is 12.1 Å². The number of rotatable bonds is 5. The van der Waals surface area contributed by atoms with Crippen LogP contribution in [-0.2, 0) is 13.0 Å². The van der Waals surface area contributed by atoms with Crippen LogP contribution < -0.4 is 5.32 Å². The average molecular weight is 291 g/mol. The van der Waals surface area contributed by atoms with Gasteiger partial charge in [0.05, 0.1) is 5.56 Å². The molecular formula is C15H15ClN2O2. The van der Waals surface area contributed by atoms with E-state index in [1.54, 1.807) is 0 Å². The van der Waals surface area contributed by atoms with Crippen molar-refractivity contribution in [1.82, 2.24) is 4.98 Å². The summed E-state index contributed by atoms with van der Waals surface area (Å²) in [5.74, 6) is -0.570. The van der Waals surface area contributed by atoms with Crippen molar-refractivity contribution in [3.05, 3.63) is 58.2 Å². The molecule has 0 atom stereocenters. The summed E-state index contributed by atoms with van der Waals surface area (Å²) in [5, 5.41) is 12.2. The van der Waals surface area contributed by atoms with Gasteiger partial charge < -0.3 is 10.4 Å². The SMILES string of the molecule is CCc1ccc(CNc2cc(C(=O)O)cc(Cl)n2)cc1. The van der Waals surface area contributed by atoms with E-state index in [4.69, 9.17) is 16.7 Å². The first-order valence-corrected chi connectivity index (χ1v) is 6.69. The van der Waals surface area contributed by atoms with Gasteiger partial charge in [-0.05, 0) is 29.7 Å². The van der Waals surface area contributed by atoms with Crippen LogP contribution in [0.25, 0.3) is 0 Å². The van der Waals surface area contributed by atoms with Gasteiger partial charge in [-0.3, -0.25) is 0 Å². The number of nitrogens with zero attached hydrogens (tertiary/aromatic N) is 1. The quantitative estimate of drug-likeness (QED) is 0.826. The molecule has 0 aliphatic heterocycles. The third-order valence-electron chi connectivity index (χ3n) is 2.95. The maximum absolute atomic E-state index is 10.9. The van der Waals surface area contributed by atoms with Gasteiger partial charge in [0.2, 0.25) is 0 Å². The molecule has 1 heterocycles. The Morgan fingerprint density at radius 3 is 2.50 bits per heavy atom. The highest BCUT2D eigenvalue weighted by Gasteiger charge is 2.07. The predicted octanol–water partition coefficient (Wildman–Crippen LogP) is 3.61. The Morgan fingerprint density at radius 2 is 1.90 bits per heavy atom. The largest absolute Gasteiger partial charge is 0.478 e. The molecule has 4 nitrogen and oxygen atoms in total. The summed E-state index contributed by atoms with van der Waals surface area (Å²) in [6.07, 6.45) is 1.01. The highest BCUT2D eigenvalue weighted by atomic mass is 35.5. The highest BCUT2D eigenvalue weighted by molar-refractivity contribution is 6.29. The van der Waals surface area contributed by atoms with Gasteiger partial charge in [-0.1, -0.05) is 42.8 Å². The van der Waals surface area contributed by atoms with Crippen LogP contribution in [0.3, 0.4) is 0 Å². The Labute approximate surface area is 122 Å². The molecule has 2 aromatic rings. The molecule has 0 radical (unpaired) electrons. The molecular weight excluding hydrogens is 276 g/mol. The number of carboxylic acid groups (broad SMARTS) is 1. The molecule has 0 bridgehead atoms. The highest BCUT2D eigenvalue weighted by Crippen LogP contribution is 2.15. The van der Waals surface area contributed by atoms with Crippen molar-refractivity contribution in [1.29, 1.82) is 0 Å². The van der Waals surface area contributed by atoms with Crippen molar-refractivity contribution in [2.75, 3.05) is 5.32 Å². The molecule has 1 aromatic carbocycles. The zero-order valence-corrected chi connectivity index (χ0v) is 11.8. The van der Waals surface area contributed by atoms with E-state index in [-0.39, 0.29) is 10.7 Å². The van der Waals surface area contributed by atoms with E-state index in [0.29, 0.717) is 12.4 Å². The Balaban J connectivity index is 2.08. The number of anilines is 1. The number of hydrogen-bond acceptors (Lipinski definition) is 3. The molecule has 20 heavy (non-hydrogen) atoms. The Kier molecular flexibility index (Phi) is 4.58. The lowest BCUT2D eigenvalue weighted by molar-refractivity contribution is 0.0697. The third-order valence-corrected chi connectivity index (χ3v) is 3.14. The second-order valence-corrected chi connectivity index (χ2v) is 4.78. The monoisotopic (exact) mass is 290 g/mol. The van der Waals surface area contributed by atoms with Crippen LogP contribution in [0.4, 0.5) is 5.82 Å². The summed E-state index contributed by atoms with van der Waals surface area (Å²) in [7, 11) is 0. The number of halogens is 1. The molecule has 1 aromatic heterocycles. The maximum atomic E-state index is 10.9. The zero-order chi connectivity index (χ0) is 14.5. The zero-order valence-electron chi connectivity index (χ0n) is 11.1. The first-order valence-electron chi connectivity index (χ1n) is 6.31. The van der Waals surface area contributed by atoms with E-state index in [9.17, 15) is 4.79 Å². The Morgan fingerprint density at radius 1 is 1.25 bits per heavy atom. The molecule has 0 unspecified atom stereocenters. The van der Waals surface area contributed by atoms with E-state index in [1.165, 1.54) is 17.7 Å². The summed E-state index contributed by atoms with van der Waals surface area (Å²) >= 11 is 5.80. The van der Waals surface area contributed by atoms with E-state index in [2.05, 4.69) is 29.4 Å². The van der Waals surface area contributed by atoms with Gasteiger partial charge in [-0.2, -0.15) is 0 Å². The number of aryl methyl sites for hydroxylation is 1. The molecule has 0 saturated heterocycles. The summed E-state index contributed by atoms with van der Waals surface area (Å²) < 4.78 is 0. The van der Waals surface area contributed by atoms with Gasteiger partial charge in [0.25, 0.3) is 0 Å². The molecule has 0 saturated carbocycles. The normalized spacial score (nSPS) is 10.3. The fourth-order valence-corrected chi connectivity index (χ4v) is 2.00. The van der Waals surface area contributed by atoms with Crippen LogP contribution in [0.5, 0.6) is 0 Å². The average Bonchev–Trinajstić information content (AvgIpc) is 2.45. The smallest absolute Gasteiger partial charge is 0.335 e. The van der Waals surface area contributed by atoms with Crippen LogP contribution in [0.15, 0.2) is 36.4 Å². The minimum Gasteiger partial charge on any atom is -0.478 e. The van der Waals surface area contributed by atoms with Crippen LogP contribution in [0.1, 0.15) is 28.4 Å². The number of aromatic nitrogens is 1. The van der Waals surface area contributed by atoms with Gasteiger partial charge in [-0.25, -0.2) is 9.78 Å². The van der Waals surface area contributed by atoms with Crippen molar-refractivity contribution >= 4 is 23.4 Å². The Hall–Kier alpha value is -2.07. The predicted molar refractivity (Wildman–Crippen MR) is 79.4 cm³/mol. The van der Waals surface area contributed by atoms with Crippen LogP contribution >= 0.6 is 11.6 Å². The van der Waals surface area contributed by atoms with Gasteiger partial charge in [0.1, 0.15) is 11.0 Å².